The number of H-pyrrole nitrogens is 2. The van der Waals surface area contributed by atoms with Gasteiger partial charge in [-0.25, -0.2) is 0 Å². The van der Waals surface area contributed by atoms with Crippen LogP contribution in [0.3, 0.4) is 0 Å². The van der Waals surface area contributed by atoms with E-state index in [4.69, 9.17) is 15.6 Å². The average Bonchev–Trinajstić information content (AvgIpc) is 3.63. The molecule has 0 saturated carbocycles. The molecule has 0 unspecified atom stereocenters. The lowest BCUT2D eigenvalue weighted by atomic mass is 10.0. The van der Waals surface area contributed by atoms with Crippen molar-refractivity contribution in [2.24, 2.45) is 0 Å². The second kappa shape index (κ2) is 11.2. The zero-order valence-corrected chi connectivity index (χ0v) is 25.1. The molecule has 2 aromatic heterocycles. The molecule has 6 aromatic rings. The van der Waals surface area contributed by atoms with Crippen molar-refractivity contribution in [3.8, 4) is 34.0 Å². The van der Waals surface area contributed by atoms with Gasteiger partial charge in [-0.2, -0.15) is 13.2 Å². The molecule has 0 saturated heterocycles. The minimum absolute atomic E-state index is 0.00771. The molecule has 45 heavy (non-hydrogen) atoms. The SMILES string of the molecule is CN(C)C(=N)c1ccc2cc(-c3ccc(Oc4ccc(-c5cc6ccc(C(=N)N(C)C)cc6[nH]5)c(C(F)(F)F)c4)cc3)[nH]c2c1. The summed E-state index contributed by atoms with van der Waals surface area (Å²) in [5.74, 6) is 1.18. The second-order valence-electron chi connectivity index (χ2n) is 11.3. The Labute approximate surface area is 257 Å². The van der Waals surface area contributed by atoms with Gasteiger partial charge in [0.2, 0.25) is 0 Å². The minimum atomic E-state index is -4.62. The number of benzene rings is 4. The van der Waals surface area contributed by atoms with E-state index in [1.54, 1.807) is 60.3 Å². The van der Waals surface area contributed by atoms with Gasteiger partial charge < -0.3 is 24.5 Å². The molecule has 228 valence electrons. The topological polar surface area (TPSA) is 95.0 Å². The Hall–Kier alpha value is -5.51. The maximum atomic E-state index is 14.3. The third-order valence-corrected chi connectivity index (χ3v) is 7.67. The summed E-state index contributed by atoms with van der Waals surface area (Å²) in [5, 5.41) is 18.2. The highest BCUT2D eigenvalue weighted by molar-refractivity contribution is 6.01. The van der Waals surface area contributed by atoms with Crippen molar-refractivity contribution in [1.29, 1.82) is 10.8 Å². The Morgan fingerprint density at radius 3 is 1.67 bits per heavy atom. The molecular formula is C35H31F3N6O. The van der Waals surface area contributed by atoms with Gasteiger partial charge in [0, 0.05) is 78.1 Å². The van der Waals surface area contributed by atoms with Gasteiger partial charge in [-0.15, -0.1) is 0 Å². The number of halogens is 3. The van der Waals surface area contributed by atoms with Crippen LogP contribution in [0.4, 0.5) is 13.2 Å². The lowest BCUT2D eigenvalue weighted by Gasteiger charge is -2.14. The van der Waals surface area contributed by atoms with Gasteiger partial charge in [0.25, 0.3) is 0 Å². The standard InChI is InChI=1S/C35H31F3N6O/c1-43(2)33(39)23-7-5-21-15-29(41-30(21)17-23)20-9-11-25(12-10-20)45-26-13-14-27(28(19-26)35(36,37)38)32-16-22-6-8-24(18-31(22)42-32)34(40)44(3)4/h5-19,39-42H,1-4H3. The largest absolute Gasteiger partial charge is 0.457 e. The maximum absolute atomic E-state index is 14.3. The summed E-state index contributed by atoms with van der Waals surface area (Å²) in [6.45, 7) is 0. The molecule has 0 atom stereocenters. The number of aromatic nitrogens is 2. The summed E-state index contributed by atoms with van der Waals surface area (Å²) in [5.41, 5.74) is 4.28. The second-order valence-corrected chi connectivity index (χ2v) is 11.3. The number of hydrogen-bond donors (Lipinski definition) is 4. The normalized spacial score (nSPS) is 11.6. The van der Waals surface area contributed by atoms with Crippen LogP contribution in [-0.4, -0.2) is 59.6 Å². The molecule has 4 aromatic carbocycles. The molecule has 0 amide bonds. The van der Waals surface area contributed by atoms with Gasteiger partial charge in [-0.3, -0.25) is 10.8 Å². The van der Waals surface area contributed by atoms with Crippen molar-refractivity contribution in [3.63, 3.8) is 0 Å². The van der Waals surface area contributed by atoms with Crippen LogP contribution in [0.25, 0.3) is 44.3 Å². The Bertz CT molecular complexity index is 2070. The minimum Gasteiger partial charge on any atom is -0.457 e. The molecule has 0 spiro atoms. The summed E-state index contributed by atoms with van der Waals surface area (Å²) < 4.78 is 48.7. The third kappa shape index (κ3) is 5.86. The molecular weight excluding hydrogens is 577 g/mol. The summed E-state index contributed by atoms with van der Waals surface area (Å²) in [7, 11) is 7.18. The highest BCUT2D eigenvalue weighted by Gasteiger charge is 2.34. The van der Waals surface area contributed by atoms with E-state index in [0.29, 0.717) is 34.2 Å². The Morgan fingerprint density at radius 1 is 0.622 bits per heavy atom. The molecule has 6 rings (SSSR count). The number of ether oxygens (including phenoxy) is 1. The van der Waals surface area contributed by atoms with E-state index in [-0.39, 0.29) is 11.3 Å². The number of nitrogens with one attached hydrogen (secondary N) is 4. The van der Waals surface area contributed by atoms with Crippen molar-refractivity contribution in [3.05, 3.63) is 108 Å². The Balaban J connectivity index is 1.25. The molecule has 0 aliphatic rings. The highest BCUT2D eigenvalue weighted by Crippen LogP contribution is 2.40. The molecule has 4 N–H and O–H groups in total. The van der Waals surface area contributed by atoms with Crippen molar-refractivity contribution in [2.45, 2.75) is 6.18 Å². The van der Waals surface area contributed by atoms with Crippen LogP contribution in [0.2, 0.25) is 0 Å². The lowest BCUT2D eigenvalue weighted by Crippen LogP contribution is -2.21. The number of aromatic amines is 2. The molecule has 10 heteroatoms. The molecule has 2 heterocycles. The molecule has 0 aliphatic heterocycles. The quantitative estimate of drug-likeness (QED) is 0.113. The summed E-state index contributed by atoms with van der Waals surface area (Å²) >= 11 is 0. The predicted molar refractivity (Wildman–Crippen MR) is 174 cm³/mol. The molecule has 0 radical (unpaired) electrons. The monoisotopic (exact) mass is 608 g/mol. The van der Waals surface area contributed by atoms with E-state index < -0.39 is 11.7 Å². The first-order valence-electron chi connectivity index (χ1n) is 14.2. The molecule has 0 bridgehead atoms. The van der Waals surface area contributed by atoms with Crippen molar-refractivity contribution >= 4 is 33.5 Å². The van der Waals surface area contributed by atoms with Crippen LogP contribution in [0.5, 0.6) is 11.5 Å². The number of amidine groups is 2. The van der Waals surface area contributed by atoms with Gasteiger partial charge in [0.15, 0.2) is 0 Å². The van der Waals surface area contributed by atoms with E-state index in [0.717, 1.165) is 39.2 Å². The van der Waals surface area contributed by atoms with Crippen molar-refractivity contribution in [2.75, 3.05) is 28.2 Å². The number of nitrogens with zero attached hydrogens (tertiary/aromatic N) is 2. The zero-order valence-electron chi connectivity index (χ0n) is 25.1. The van der Waals surface area contributed by atoms with Gasteiger partial charge in [-0.1, -0.05) is 24.3 Å². The van der Waals surface area contributed by atoms with Crippen molar-refractivity contribution in [1.82, 2.24) is 19.8 Å². The van der Waals surface area contributed by atoms with E-state index in [9.17, 15) is 13.2 Å². The van der Waals surface area contributed by atoms with E-state index >= 15 is 0 Å². The lowest BCUT2D eigenvalue weighted by molar-refractivity contribution is -0.137. The zero-order chi connectivity index (χ0) is 32.0. The highest BCUT2D eigenvalue weighted by atomic mass is 19.4. The van der Waals surface area contributed by atoms with Crippen LogP contribution < -0.4 is 4.74 Å². The van der Waals surface area contributed by atoms with E-state index in [1.807, 2.05) is 50.5 Å². The van der Waals surface area contributed by atoms with Crippen LogP contribution in [0.15, 0.2) is 91.0 Å². The van der Waals surface area contributed by atoms with Crippen molar-refractivity contribution < 1.29 is 17.9 Å². The first kappa shape index (κ1) is 29.6. The Kier molecular flexibility index (Phi) is 7.36. The Morgan fingerprint density at radius 2 is 1.13 bits per heavy atom. The molecule has 0 fully saturated rings. The molecule has 7 nitrogen and oxygen atoms in total. The van der Waals surface area contributed by atoms with Crippen LogP contribution in [-0.2, 0) is 6.18 Å². The van der Waals surface area contributed by atoms with Gasteiger partial charge in [0.05, 0.1) is 5.56 Å². The van der Waals surface area contributed by atoms with Crippen LogP contribution >= 0.6 is 0 Å². The average molecular weight is 609 g/mol. The fraction of sp³-hybridized carbons (Fsp3) is 0.143. The third-order valence-electron chi connectivity index (χ3n) is 7.67. The number of rotatable bonds is 6. The van der Waals surface area contributed by atoms with Gasteiger partial charge in [0.1, 0.15) is 23.2 Å². The first-order chi connectivity index (χ1) is 21.4. The van der Waals surface area contributed by atoms with E-state index in [1.165, 1.54) is 12.1 Å². The summed E-state index contributed by atoms with van der Waals surface area (Å²) in [6.07, 6.45) is -4.62. The fourth-order valence-electron chi connectivity index (χ4n) is 5.26. The van der Waals surface area contributed by atoms with Crippen LogP contribution in [0.1, 0.15) is 16.7 Å². The number of hydrogen-bond acceptors (Lipinski definition) is 3. The fourth-order valence-corrected chi connectivity index (χ4v) is 5.26. The predicted octanol–water partition coefficient (Wildman–Crippen LogP) is 8.57. The van der Waals surface area contributed by atoms with Gasteiger partial charge >= 0.3 is 6.18 Å². The first-order valence-corrected chi connectivity index (χ1v) is 14.2. The van der Waals surface area contributed by atoms with Crippen LogP contribution in [0, 0.1) is 10.8 Å². The number of fused-ring (bicyclic) bond motifs is 2. The molecule has 0 aliphatic carbocycles. The number of alkyl halides is 3. The maximum Gasteiger partial charge on any atom is 0.417 e. The van der Waals surface area contributed by atoms with E-state index in [2.05, 4.69) is 9.97 Å². The smallest absolute Gasteiger partial charge is 0.417 e. The van der Waals surface area contributed by atoms with Gasteiger partial charge in [-0.05, 0) is 72.3 Å². The summed E-state index contributed by atoms with van der Waals surface area (Å²) in [4.78, 5) is 9.89. The summed E-state index contributed by atoms with van der Waals surface area (Å²) in [6, 6.07) is 25.9.